The van der Waals surface area contributed by atoms with Crippen molar-refractivity contribution in [1.82, 2.24) is 14.4 Å². The maximum absolute atomic E-state index is 12.6. The molecular weight excluding hydrogens is 368 g/mol. The molecule has 8 nitrogen and oxygen atoms in total. The van der Waals surface area contributed by atoms with Crippen molar-refractivity contribution in [3.8, 4) is 0 Å². The molecule has 27 heavy (non-hydrogen) atoms. The molecule has 0 aliphatic carbocycles. The van der Waals surface area contributed by atoms with Crippen LogP contribution in [-0.2, 0) is 22.4 Å². The number of nitrogens with zero attached hydrogens (tertiary/aromatic N) is 4. The Morgan fingerprint density at radius 3 is 2.59 bits per heavy atom. The quantitative estimate of drug-likeness (QED) is 0.704. The topological polar surface area (TPSA) is 99.8 Å². The number of para-hydroxylation sites is 1. The number of sulfonamides is 1. The van der Waals surface area contributed by atoms with Crippen LogP contribution in [0.1, 0.15) is 11.3 Å². The molecule has 1 aromatic carbocycles. The van der Waals surface area contributed by atoms with E-state index >= 15 is 0 Å². The predicted octanol–water partition coefficient (Wildman–Crippen LogP) is 1.37. The van der Waals surface area contributed by atoms with E-state index in [9.17, 15) is 13.5 Å². The lowest BCUT2D eigenvalue weighted by Gasteiger charge is -2.35. The summed E-state index contributed by atoms with van der Waals surface area (Å²) in [7, 11) is -3.45. The molecule has 3 aromatic rings. The monoisotopic (exact) mass is 388 g/mol. The normalized spacial score (nSPS) is 16.1. The zero-order chi connectivity index (χ0) is 18.9. The van der Waals surface area contributed by atoms with Crippen molar-refractivity contribution in [3.05, 3.63) is 53.9 Å². The number of hydrogen-bond acceptors (Lipinski definition) is 7. The summed E-state index contributed by atoms with van der Waals surface area (Å²) < 4.78 is 31.3. The number of rotatable bonds is 5. The minimum absolute atomic E-state index is 0.113. The molecule has 3 heterocycles. The Hall–Kier alpha value is -2.49. The fourth-order valence-electron chi connectivity index (χ4n) is 3.31. The van der Waals surface area contributed by atoms with Gasteiger partial charge in [-0.25, -0.2) is 13.4 Å². The van der Waals surface area contributed by atoms with Gasteiger partial charge in [-0.2, -0.15) is 4.31 Å². The van der Waals surface area contributed by atoms with Crippen LogP contribution in [0.3, 0.4) is 0 Å². The first-order valence-corrected chi connectivity index (χ1v) is 10.3. The Morgan fingerprint density at radius 2 is 1.89 bits per heavy atom. The smallest absolute Gasteiger partial charge is 0.220 e. The van der Waals surface area contributed by atoms with Crippen LogP contribution in [0.2, 0.25) is 0 Å². The number of fused-ring (bicyclic) bond motifs is 1. The van der Waals surface area contributed by atoms with E-state index in [0.717, 1.165) is 16.5 Å². The predicted molar refractivity (Wildman–Crippen MR) is 101 cm³/mol. The Balaban J connectivity index is 1.51. The van der Waals surface area contributed by atoms with Crippen molar-refractivity contribution in [2.45, 2.75) is 12.4 Å². The number of benzene rings is 1. The third-order valence-corrected chi connectivity index (χ3v) is 6.52. The van der Waals surface area contributed by atoms with Gasteiger partial charge in [0.1, 0.15) is 17.8 Å². The standard InChI is InChI=1S/C18H20N4O4S/c23-12-15-11-14-3-1-2-4-17(14)19-18(15)21-6-8-22(9-7-21)27(24,25)13-16-5-10-26-20-16/h1-5,10-11,23H,6-9,12-13H2. The van der Waals surface area contributed by atoms with Gasteiger partial charge in [-0.15, -0.1) is 0 Å². The highest BCUT2D eigenvalue weighted by atomic mass is 32.2. The zero-order valence-electron chi connectivity index (χ0n) is 14.7. The first-order chi connectivity index (χ1) is 13.1. The van der Waals surface area contributed by atoms with Gasteiger partial charge in [-0.1, -0.05) is 23.4 Å². The molecule has 0 atom stereocenters. The molecule has 1 aliphatic rings. The van der Waals surface area contributed by atoms with Crippen molar-refractivity contribution in [2.24, 2.45) is 0 Å². The summed E-state index contributed by atoms with van der Waals surface area (Å²) in [5.74, 6) is 0.546. The number of piperazine rings is 1. The van der Waals surface area contributed by atoms with Crippen LogP contribution >= 0.6 is 0 Å². The van der Waals surface area contributed by atoms with Gasteiger partial charge in [0.25, 0.3) is 0 Å². The summed E-state index contributed by atoms with van der Waals surface area (Å²) in [5.41, 5.74) is 1.99. The molecule has 9 heteroatoms. The second-order valence-electron chi connectivity index (χ2n) is 6.46. The van der Waals surface area contributed by atoms with E-state index in [-0.39, 0.29) is 12.4 Å². The highest BCUT2D eigenvalue weighted by Gasteiger charge is 2.29. The molecule has 1 aliphatic heterocycles. The summed E-state index contributed by atoms with van der Waals surface area (Å²) in [6.45, 7) is 1.63. The minimum atomic E-state index is -3.45. The van der Waals surface area contributed by atoms with Crippen LogP contribution in [0.15, 0.2) is 47.2 Å². The minimum Gasteiger partial charge on any atom is -0.392 e. The van der Waals surface area contributed by atoms with Crippen LogP contribution in [0, 0.1) is 0 Å². The number of aliphatic hydroxyl groups excluding tert-OH is 1. The van der Waals surface area contributed by atoms with Gasteiger partial charge in [-0.05, 0) is 12.1 Å². The van der Waals surface area contributed by atoms with E-state index in [1.165, 1.54) is 10.6 Å². The van der Waals surface area contributed by atoms with Gasteiger partial charge in [-0.3, -0.25) is 0 Å². The molecule has 0 bridgehead atoms. The summed E-state index contributed by atoms with van der Waals surface area (Å²) in [4.78, 5) is 6.72. The van der Waals surface area contributed by atoms with E-state index in [2.05, 4.69) is 5.16 Å². The lowest BCUT2D eigenvalue weighted by Crippen LogP contribution is -2.49. The Kier molecular flexibility index (Phi) is 4.81. The maximum Gasteiger partial charge on any atom is 0.220 e. The lowest BCUT2D eigenvalue weighted by atomic mass is 10.1. The van der Waals surface area contributed by atoms with Crippen LogP contribution in [0.5, 0.6) is 0 Å². The molecular formula is C18H20N4O4S. The Labute approximate surface area is 157 Å². The van der Waals surface area contributed by atoms with Crippen molar-refractivity contribution < 1.29 is 18.0 Å². The molecule has 142 valence electrons. The fraction of sp³-hybridized carbons (Fsp3) is 0.333. The van der Waals surface area contributed by atoms with Crippen molar-refractivity contribution in [2.75, 3.05) is 31.1 Å². The first kappa shape index (κ1) is 17.9. The van der Waals surface area contributed by atoms with Crippen LogP contribution < -0.4 is 4.90 Å². The van der Waals surface area contributed by atoms with Gasteiger partial charge < -0.3 is 14.5 Å². The zero-order valence-corrected chi connectivity index (χ0v) is 15.5. The van der Waals surface area contributed by atoms with Gasteiger partial charge in [0.2, 0.25) is 10.0 Å². The van der Waals surface area contributed by atoms with Crippen LogP contribution in [-0.4, -0.2) is 54.1 Å². The largest absolute Gasteiger partial charge is 0.392 e. The summed E-state index contributed by atoms with van der Waals surface area (Å²) in [6, 6.07) is 11.2. The third-order valence-electron chi connectivity index (χ3n) is 4.70. The van der Waals surface area contributed by atoms with Gasteiger partial charge in [0.05, 0.1) is 17.8 Å². The molecule has 0 spiro atoms. The molecule has 0 unspecified atom stereocenters. The molecule has 1 N–H and O–H groups in total. The maximum atomic E-state index is 12.6. The average molecular weight is 388 g/mol. The van der Waals surface area contributed by atoms with Crippen LogP contribution in [0.4, 0.5) is 5.82 Å². The fourth-order valence-corrected chi connectivity index (χ4v) is 4.73. The van der Waals surface area contributed by atoms with Crippen molar-refractivity contribution in [1.29, 1.82) is 0 Å². The van der Waals surface area contributed by atoms with Gasteiger partial charge in [0.15, 0.2) is 0 Å². The van der Waals surface area contributed by atoms with E-state index in [1.807, 2.05) is 35.2 Å². The third kappa shape index (κ3) is 3.66. The highest BCUT2D eigenvalue weighted by molar-refractivity contribution is 7.88. The van der Waals surface area contributed by atoms with Gasteiger partial charge >= 0.3 is 0 Å². The molecule has 2 aromatic heterocycles. The second kappa shape index (κ2) is 7.26. The summed E-state index contributed by atoms with van der Waals surface area (Å²) in [5, 5.41) is 14.4. The summed E-state index contributed by atoms with van der Waals surface area (Å²) >= 11 is 0. The highest BCUT2D eigenvalue weighted by Crippen LogP contribution is 2.25. The Morgan fingerprint density at radius 1 is 1.11 bits per heavy atom. The van der Waals surface area contributed by atoms with E-state index < -0.39 is 10.0 Å². The van der Waals surface area contributed by atoms with Gasteiger partial charge in [0, 0.05) is 43.2 Å². The van der Waals surface area contributed by atoms with Crippen molar-refractivity contribution in [3.63, 3.8) is 0 Å². The summed E-state index contributed by atoms with van der Waals surface area (Å²) in [6.07, 6.45) is 1.37. The van der Waals surface area contributed by atoms with E-state index in [1.54, 1.807) is 6.07 Å². The Bertz CT molecular complexity index is 1030. The molecule has 0 amide bonds. The van der Waals surface area contributed by atoms with Crippen LogP contribution in [0.25, 0.3) is 10.9 Å². The number of aromatic nitrogens is 2. The number of anilines is 1. The molecule has 1 saturated heterocycles. The molecule has 0 radical (unpaired) electrons. The number of aliphatic hydroxyl groups is 1. The lowest BCUT2D eigenvalue weighted by molar-refractivity contribution is 0.281. The molecule has 4 rings (SSSR count). The first-order valence-electron chi connectivity index (χ1n) is 8.68. The molecule has 1 fully saturated rings. The SMILES string of the molecule is O=S(=O)(Cc1ccon1)N1CCN(c2nc3ccccc3cc2CO)CC1. The molecule has 0 saturated carbocycles. The number of pyridine rings is 1. The number of hydrogen-bond donors (Lipinski definition) is 1. The van der Waals surface area contributed by atoms with E-state index in [0.29, 0.717) is 37.7 Å². The van der Waals surface area contributed by atoms with E-state index in [4.69, 9.17) is 9.51 Å². The second-order valence-corrected chi connectivity index (χ2v) is 8.42. The van der Waals surface area contributed by atoms with Crippen molar-refractivity contribution >= 4 is 26.7 Å². The average Bonchev–Trinajstić information content (AvgIpc) is 3.19.